The van der Waals surface area contributed by atoms with E-state index in [1.807, 2.05) is 72.8 Å². The molecule has 0 unspecified atom stereocenters. The fourth-order valence-corrected chi connectivity index (χ4v) is 8.02. The summed E-state index contributed by atoms with van der Waals surface area (Å²) in [6.07, 6.45) is 0. The highest BCUT2D eigenvalue weighted by atomic mass is 16.3. The van der Waals surface area contributed by atoms with Crippen LogP contribution in [0.4, 0.5) is 0 Å². The Hall–Kier alpha value is -7.28. The van der Waals surface area contributed by atoms with E-state index in [0.29, 0.717) is 22.5 Å². The molecule has 0 amide bonds. The molecule has 0 atom stereocenters. The molecule has 11 aromatic rings. The first kappa shape index (κ1) is 26.8. The van der Waals surface area contributed by atoms with E-state index in [-0.39, 0.29) is 0 Å². The molecule has 0 aliphatic heterocycles. The molecular weight excluding hydrogens is 617 g/mol. The van der Waals surface area contributed by atoms with Crippen molar-refractivity contribution in [1.82, 2.24) is 9.13 Å². The molecule has 6 nitrogen and oxygen atoms in total. The molecule has 0 fully saturated rings. The van der Waals surface area contributed by atoms with Crippen molar-refractivity contribution < 1.29 is 8.83 Å². The zero-order valence-corrected chi connectivity index (χ0v) is 26.3. The van der Waals surface area contributed by atoms with E-state index in [1.165, 1.54) is 0 Å². The van der Waals surface area contributed by atoms with Gasteiger partial charge in [0.2, 0.25) is 0 Å². The summed E-state index contributed by atoms with van der Waals surface area (Å²) in [5.41, 5.74) is 9.02. The topological polar surface area (TPSA) is 83.7 Å². The van der Waals surface area contributed by atoms with Gasteiger partial charge in [0.05, 0.1) is 44.6 Å². The number of nitrogens with zero attached hydrogens (tertiary/aromatic N) is 4. The van der Waals surface area contributed by atoms with Gasteiger partial charge in [-0.05, 0) is 48.5 Å². The average Bonchev–Trinajstić information content (AvgIpc) is 3.89. The third kappa shape index (κ3) is 3.44. The van der Waals surface area contributed by atoms with E-state index in [9.17, 15) is 10.5 Å². The summed E-state index contributed by atoms with van der Waals surface area (Å²) < 4.78 is 16.8. The monoisotopic (exact) mass is 638 g/mol. The Labute approximate surface area is 283 Å². The summed E-state index contributed by atoms with van der Waals surface area (Å²) in [5, 5.41) is 29.9. The molecule has 0 aliphatic carbocycles. The molecule has 0 bridgehead atoms. The van der Waals surface area contributed by atoms with Gasteiger partial charge in [0.1, 0.15) is 34.5 Å². The normalized spacial score (nSPS) is 12.0. The summed E-state index contributed by atoms with van der Waals surface area (Å²) in [6, 6.07) is 49.6. The number of hydrogen-bond acceptors (Lipinski definition) is 4. The molecule has 4 aromatic heterocycles. The maximum atomic E-state index is 10.8. The van der Waals surface area contributed by atoms with Gasteiger partial charge in [0.25, 0.3) is 0 Å². The first-order valence-corrected chi connectivity index (χ1v) is 16.4. The number of para-hydroxylation sites is 4. The van der Waals surface area contributed by atoms with Crippen molar-refractivity contribution >= 4 is 87.5 Å². The first-order valence-electron chi connectivity index (χ1n) is 16.4. The molecule has 11 rings (SSSR count). The van der Waals surface area contributed by atoms with Gasteiger partial charge in [-0.25, -0.2) is 0 Å². The largest absolute Gasteiger partial charge is 0.456 e. The van der Waals surface area contributed by atoms with E-state index in [4.69, 9.17) is 8.83 Å². The van der Waals surface area contributed by atoms with E-state index >= 15 is 0 Å². The summed E-state index contributed by atoms with van der Waals surface area (Å²) in [5.74, 6) is 0. The molecule has 0 N–H and O–H groups in total. The van der Waals surface area contributed by atoms with Crippen molar-refractivity contribution in [3.05, 3.63) is 145 Å². The lowest BCUT2D eigenvalue weighted by Crippen LogP contribution is -2.04. The molecule has 4 heterocycles. The second kappa shape index (κ2) is 9.64. The molecule has 0 aliphatic rings. The molecule has 0 saturated carbocycles. The van der Waals surface area contributed by atoms with Gasteiger partial charge in [-0.1, -0.05) is 72.8 Å². The molecule has 0 radical (unpaired) electrons. The quantitative estimate of drug-likeness (QED) is 0.189. The Kier molecular flexibility index (Phi) is 5.16. The maximum Gasteiger partial charge on any atom is 0.137 e. The van der Waals surface area contributed by atoms with Crippen LogP contribution in [0.5, 0.6) is 0 Å². The van der Waals surface area contributed by atoms with Crippen LogP contribution in [0, 0.1) is 22.7 Å². The van der Waals surface area contributed by atoms with Crippen molar-refractivity contribution in [2.24, 2.45) is 0 Å². The van der Waals surface area contributed by atoms with Gasteiger partial charge >= 0.3 is 0 Å². The number of fused-ring (bicyclic) bond motifs is 12. The zero-order valence-electron chi connectivity index (χ0n) is 26.3. The molecule has 0 spiro atoms. The van der Waals surface area contributed by atoms with E-state index in [2.05, 4.69) is 81.9 Å². The molecule has 50 heavy (non-hydrogen) atoms. The molecular formula is C44H22N4O2. The number of rotatable bonds is 2. The van der Waals surface area contributed by atoms with Crippen LogP contribution in [0.2, 0.25) is 0 Å². The Morgan fingerprint density at radius 3 is 1.20 bits per heavy atom. The van der Waals surface area contributed by atoms with Crippen LogP contribution in [0.1, 0.15) is 11.1 Å². The van der Waals surface area contributed by atoms with Crippen LogP contribution in [-0.4, -0.2) is 9.13 Å². The van der Waals surface area contributed by atoms with Crippen LogP contribution < -0.4 is 0 Å². The third-order valence-electron chi connectivity index (χ3n) is 10.2. The average molecular weight is 639 g/mol. The minimum Gasteiger partial charge on any atom is -0.456 e. The SMILES string of the molecule is N#Cc1cc(-n2c3ccccc3c3cc4c(cc32)oc2ccccc24)c(C#N)cc1-n1c2ccccc2c2cc3c(cc21)oc1ccccc13. The number of hydrogen-bond donors (Lipinski definition) is 0. The van der Waals surface area contributed by atoms with Gasteiger partial charge in [-0.2, -0.15) is 10.5 Å². The van der Waals surface area contributed by atoms with Gasteiger partial charge in [-0.15, -0.1) is 0 Å². The van der Waals surface area contributed by atoms with Crippen molar-refractivity contribution in [2.75, 3.05) is 0 Å². The van der Waals surface area contributed by atoms with Gasteiger partial charge in [-0.3, -0.25) is 0 Å². The van der Waals surface area contributed by atoms with Crippen LogP contribution >= 0.6 is 0 Å². The number of furan rings is 2. The van der Waals surface area contributed by atoms with Crippen LogP contribution in [0.15, 0.2) is 142 Å². The van der Waals surface area contributed by atoms with E-state index < -0.39 is 0 Å². The minimum atomic E-state index is 0.446. The molecule has 7 aromatic carbocycles. The van der Waals surface area contributed by atoms with Crippen molar-refractivity contribution in [3.63, 3.8) is 0 Å². The van der Waals surface area contributed by atoms with Crippen molar-refractivity contribution in [1.29, 1.82) is 10.5 Å². The number of nitriles is 2. The number of aromatic nitrogens is 2. The smallest absolute Gasteiger partial charge is 0.137 e. The Bertz CT molecular complexity index is 3130. The van der Waals surface area contributed by atoms with Crippen molar-refractivity contribution in [2.45, 2.75) is 0 Å². The minimum absolute atomic E-state index is 0.446. The lowest BCUT2D eigenvalue weighted by Gasteiger charge is -2.15. The van der Waals surface area contributed by atoms with E-state index in [1.54, 1.807) is 0 Å². The van der Waals surface area contributed by atoms with Gasteiger partial charge in [0, 0.05) is 55.2 Å². The summed E-state index contributed by atoms with van der Waals surface area (Å²) in [4.78, 5) is 0. The molecule has 6 heteroatoms. The molecule has 230 valence electrons. The number of benzene rings is 7. The highest BCUT2D eigenvalue weighted by Gasteiger charge is 2.23. The fraction of sp³-hybridized carbons (Fsp3) is 0. The highest BCUT2D eigenvalue weighted by molar-refractivity contribution is 6.19. The zero-order chi connectivity index (χ0) is 33.1. The van der Waals surface area contributed by atoms with Crippen molar-refractivity contribution in [3.8, 4) is 23.5 Å². The highest BCUT2D eigenvalue weighted by Crippen LogP contribution is 2.42. The van der Waals surface area contributed by atoms with Crippen LogP contribution in [-0.2, 0) is 0 Å². The predicted octanol–water partition coefficient (Wildman–Crippen LogP) is 11.4. The standard InChI is InChI=1S/C44H22N4O2/c45-23-25-18-38(48-36-14-6-2-10-28(36)32-20-34-30-12-4-8-16-42(30)50-44(34)22-40(32)48)26(24-46)17-37(25)47-35-13-5-1-9-27(35)31-19-33-29-11-3-7-15-41(29)49-43(33)21-39(31)47/h1-22H. The van der Waals surface area contributed by atoms with Crippen LogP contribution in [0.3, 0.4) is 0 Å². The lowest BCUT2D eigenvalue weighted by atomic mass is 10.1. The Balaban J connectivity index is 1.22. The first-order chi connectivity index (χ1) is 24.7. The third-order valence-corrected chi connectivity index (χ3v) is 10.2. The fourth-order valence-electron chi connectivity index (χ4n) is 8.02. The maximum absolute atomic E-state index is 10.8. The summed E-state index contributed by atoms with van der Waals surface area (Å²) in [7, 11) is 0. The lowest BCUT2D eigenvalue weighted by molar-refractivity contribution is 0.669. The van der Waals surface area contributed by atoms with Gasteiger partial charge in [0.15, 0.2) is 0 Å². The summed E-state index contributed by atoms with van der Waals surface area (Å²) in [6.45, 7) is 0. The second-order valence-corrected chi connectivity index (χ2v) is 12.7. The predicted molar refractivity (Wildman–Crippen MR) is 199 cm³/mol. The molecule has 0 saturated heterocycles. The second-order valence-electron chi connectivity index (χ2n) is 12.7. The summed E-state index contributed by atoms with van der Waals surface area (Å²) >= 11 is 0. The Morgan fingerprint density at radius 2 is 0.760 bits per heavy atom. The van der Waals surface area contributed by atoms with Crippen LogP contribution in [0.25, 0.3) is 98.9 Å². The Morgan fingerprint density at radius 1 is 0.360 bits per heavy atom. The van der Waals surface area contributed by atoms with Gasteiger partial charge < -0.3 is 18.0 Å². The van der Waals surface area contributed by atoms with E-state index in [0.717, 1.165) is 87.5 Å².